The quantitative estimate of drug-likeness (QED) is 0.392. The molecule has 2 aromatic rings. The summed E-state index contributed by atoms with van der Waals surface area (Å²) < 4.78 is 33.9. The first kappa shape index (κ1) is 33.6. The van der Waals surface area contributed by atoms with E-state index in [0.717, 1.165) is 22.6 Å². The molecule has 0 bridgehead atoms. The second kappa shape index (κ2) is 14.2. The zero-order valence-corrected chi connectivity index (χ0v) is 25.7. The zero-order chi connectivity index (χ0) is 32.9. The molecule has 10 nitrogen and oxygen atoms in total. The third-order valence-corrected chi connectivity index (χ3v) is 7.73. The molecule has 45 heavy (non-hydrogen) atoms. The highest BCUT2D eigenvalue weighted by Gasteiger charge is 2.47. The number of halogens is 2. The first-order chi connectivity index (χ1) is 21.3. The van der Waals surface area contributed by atoms with Crippen LogP contribution in [0.15, 0.2) is 61.2 Å². The molecule has 0 aromatic heterocycles. The van der Waals surface area contributed by atoms with Gasteiger partial charge in [-0.25, -0.2) is 13.6 Å². The van der Waals surface area contributed by atoms with Gasteiger partial charge in [0.25, 0.3) is 0 Å². The number of hydrogen-bond donors (Lipinski definition) is 2. The predicted molar refractivity (Wildman–Crippen MR) is 161 cm³/mol. The summed E-state index contributed by atoms with van der Waals surface area (Å²) in [5.74, 6) is -3.89. The van der Waals surface area contributed by atoms with Crippen molar-refractivity contribution < 1.29 is 37.8 Å². The van der Waals surface area contributed by atoms with E-state index in [1.807, 2.05) is 30.3 Å². The second-order valence-electron chi connectivity index (χ2n) is 12.4. The lowest BCUT2D eigenvalue weighted by molar-refractivity contribution is -0.149. The van der Waals surface area contributed by atoms with Crippen molar-refractivity contribution in [3.05, 3.63) is 83.9 Å². The number of nitrogens with zero attached hydrogens (tertiary/aromatic N) is 3. The van der Waals surface area contributed by atoms with Crippen LogP contribution in [0.25, 0.3) is 0 Å². The lowest BCUT2D eigenvalue weighted by atomic mass is 9.92. The monoisotopic (exact) mass is 626 g/mol. The zero-order valence-electron chi connectivity index (χ0n) is 25.7. The smallest absolute Gasteiger partial charge is 0.411 e. The molecule has 2 saturated heterocycles. The normalized spacial score (nSPS) is 20.2. The van der Waals surface area contributed by atoms with Crippen molar-refractivity contribution in [3.8, 4) is 0 Å². The molecular weight excluding hydrogens is 586 g/mol. The third-order valence-electron chi connectivity index (χ3n) is 7.73. The fourth-order valence-electron chi connectivity index (χ4n) is 5.66. The van der Waals surface area contributed by atoms with Crippen molar-refractivity contribution in [1.29, 1.82) is 0 Å². The summed E-state index contributed by atoms with van der Waals surface area (Å²) in [5, 5.41) is 14.6. The number of amides is 4. The lowest BCUT2D eigenvalue weighted by Crippen LogP contribution is -2.66. The van der Waals surface area contributed by atoms with E-state index >= 15 is 0 Å². The molecule has 0 spiro atoms. The average Bonchev–Trinajstić information content (AvgIpc) is 3.32. The Bertz CT molecular complexity index is 1400. The van der Waals surface area contributed by atoms with E-state index in [1.165, 1.54) is 9.80 Å². The third kappa shape index (κ3) is 8.65. The van der Waals surface area contributed by atoms with Gasteiger partial charge < -0.3 is 25.0 Å². The van der Waals surface area contributed by atoms with Crippen molar-refractivity contribution in [3.63, 3.8) is 0 Å². The van der Waals surface area contributed by atoms with Crippen LogP contribution >= 0.6 is 0 Å². The van der Waals surface area contributed by atoms with E-state index in [-0.39, 0.29) is 57.0 Å². The molecule has 242 valence electrons. The highest BCUT2D eigenvalue weighted by Crippen LogP contribution is 2.25. The van der Waals surface area contributed by atoms with Crippen LogP contribution in [0.5, 0.6) is 0 Å². The molecule has 2 aliphatic heterocycles. The van der Waals surface area contributed by atoms with Crippen LogP contribution in [0, 0.1) is 17.6 Å². The average molecular weight is 627 g/mol. The van der Waals surface area contributed by atoms with Gasteiger partial charge >= 0.3 is 6.09 Å². The number of piperazine rings is 1. The Kier molecular flexibility index (Phi) is 10.6. The maximum absolute atomic E-state index is 14.2. The van der Waals surface area contributed by atoms with E-state index in [2.05, 4.69) is 11.9 Å². The van der Waals surface area contributed by atoms with Gasteiger partial charge in [0.15, 0.2) is 0 Å². The van der Waals surface area contributed by atoms with E-state index in [0.29, 0.717) is 6.07 Å². The lowest BCUT2D eigenvalue weighted by Gasteiger charge is -2.44. The van der Waals surface area contributed by atoms with Gasteiger partial charge in [-0.15, -0.1) is 6.58 Å². The number of carbonyl (C=O) groups is 4. The number of ether oxygens (including phenoxy) is 1. The van der Waals surface area contributed by atoms with Gasteiger partial charge in [0.1, 0.15) is 29.4 Å². The van der Waals surface area contributed by atoms with Gasteiger partial charge in [-0.3, -0.25) is 19.3 Å². The Balaban J connectivity index is 1.67. The molecule has 2 fully saturated rings. The molecule has 2 unspecified atom stereocenters. The number of likely N-dealkylation sites (tertiary alicyclic amines) is 1. The van der Waals surface area contributed by atoms with Gasteiger partial charge in [0.2, 0.25) is 17.7 Å². The fraction of sp³-hybridized carbons (Fsp3) is 0.455. The SMILES string of the molecule is C=CCN1CC(C(=O)NC(Cc2cc(F)cc(F)c2)[C@H](O)[C@H]2C(=O)N(Cc3ccccc3)CCN2C(=O)OC(C)(C)C)CC1=O. The van der Waals surface area contributed by atoms with E-state index in [1.54, 1.807) is 26.8 Å². The maximum atomic E-state index is 14.2. The maximum Gasteiger partial charge on any atom is 0.411 e. The fourth-order valence-corrected chi connectivity index (χ4v) is 5.66. The highest BCUT2D eigenvalue weighted by atomic mass is 19.1. The standard InChI is InChI=1S/C33H40F2N4O6/c1-5-11-37-20-23(17-27(37)40)30(42)36-26(16-22-14-24(34)18-25(35)15-22)29(41)28-31(43)38(19-21-9-7-6-8-10-21)12-13-39(28)32(44)45-33(2,3)4/h5-10,14-15,18,23,26,28-29,41H,1,11-13,16-17,19-20H2,2-4H3,(H,36,42)/t23?,26?,28-,29-/m0/s1. The first-order valence-corrected chi connectivity index (χ1v) is 14.9. The van der Waals surface area contributed by atoms with Gasteiger partial charge in [-0.1, -0.05) is 36.4 Å². The van der Waals surface area contributed by atoms with Crippen molar-refractivity contribution in [2.45, 2.75) is 63.9 Å². The summed E-state index contributed by atoms with van der Waals surface area (Å²) in [6, 6.07) is 9.25. The molecule has 4 atom stereocenters. The van der Waals surface area contributed by atoms with Crippen LogP contribution in [0.3, 0.4) is 0 Å². The molecule has 12 heteroatoms. The van der Waals surface area contributed by atoms with Gasteiger partial charge in [0, 0.05) is 45.2 Å². The molecule has 0 radical (unpaired) electrons. The molecule has 2 N–H and O–H groups in total. The summed E-state index contributed by atoms with van der Waals surface area (Å²) in [6.45, 7) is 9.41. The molecular formula is C33H40F2N4O6. The molecule has 0 saturated carbocycles. The van der Waals surface area contributed by atoms with Crippen LogP contribution in [0.4, 0.5) is 13.6 Å². The number of rotatable bonds is 10. The van der Waals surface area contributed by atoms with Crippen LogP contribution < -0.4 is 5.32 Å². The van der Waals surface area contributed by atoms with Crippen LogP contribution in [0.2, 0.25) is 0 Å². The topological polar surface area (TPSA) is 119 Å². The first-order valence-electron chi connectivity index (χ1n) is 14.9. The predicted octanol–water partition coefficient (Wildman–Crippen LogP) is 3.04. The van der Waals surface area contributed by atoms with Gasteiger partial charge in [0.05, 0.1) is 12.0 Å². The van der Waals surface area contributed by atoms with Gasteiger partial charge in [-0.2, -0.15) is 0 Å². The van der Waals surface area contributed by atoms with Crippen LogP contribution in [0.1, 0.15) is 38.3 Å². The molecule has 2 aromatic carbocycles. The Labute approximate surface area is 261 Å². The minimum Gasteiger partial charge on any atom is -0.444 e. The number of aliphatic hydroxyl groups excluding tert-OH is 1. The Hall–Kier alpha value is -4.32. The van der Waals surface area contributed by atoms with Crippen molar-refractivity contribution in [2.24, 2.45) is 5.92 Å². The summed E-state index contributed by atoms with van der Waals surface area (Å²) in [4.78, 5) is 57.4. The van der Waals surface area contributed by atoms with Gasteiger partial charge in [-0.05, 0) is 50.5 Å². The van der Waals surface area contributed by atoms with Crippen LogP contribution in [-0.2, 0) is 32.1 Å². The molecule has 2 heterocycles. The Morgan fingerprint density at radius 3 is 2.36 bits per heavy atom. The minimum absolute atomic E-state index is 0.0259. The summed E-state index contributed by atoms with van der Waals surface area (Å²) in [5.41, 5.74) is 0.0382. The van der Waals surface area contributed by atoms with Crippen molar-refractivity contribution >= 4 is 23.8 Å². The van der Waals surface area contributed by atoms with Crippen LogP contribution in [-0.4, -0.2) is 93.6 Å². The highest BCUT2D eigenvalue weighted by molar-refractivity contribution is 5.90. The van der Waals surface area contributed by atoms with Crippen molar-refractivity contribution in [2.75, 3.05) is 26.2 Å². The Morgan fingerprint density at radius 2 is 1.73 bits per heavy atom. The number of benzene rings is 2. The molecule has 0 aliphatic carbocycles. The number of carbonyl (C=O) groups excluding carboxylic acids is 4. The number of hydrogen-bond acceptors (Lipinski definition) is 6. The molecule has 2 aliphatic rings. The molecule has 4 amide bonds. The van der Waals surface area contributed by atoms with E-state index < -0.39 is 59.2 Å². The van der Waals surface area contributed by atoms with E-state index in [9.17, 15) is 33.1 Å². The summed E-state index contributed by atoms with van der Waals surface area (Å²) >= 11 is 0. The summed E-state index contributed by atoms with van der Waals surface area (Å²) in [6.07, 6.45) is -1.36. The Morgan fingerprint density at radius 1 is 1.07 bits per heavy atom. The number of aliphatic hydroxyl groups is 1. The van der Waals surface area contributed by atoms with Crippen molar-refractivity contribution in [1.82, 2.24) is 20.0 Å². The summed E-state index contributed by atoms with van der Waals surface area (Å²) in [7, 11) is 0. The number of nitrogens with one attached hydrogen (secondary N) is 1. The second-order valence-corrected chi connectivity index (χ2v) is 12.4. The van der Waals surface area contributed by atoms with E-state index in [4.69, 9.17) is 4.74 Å². The largest absolute Gasteiger partial charge is 0.444 e. The molecule has 4 rings (SSSR count). The minimum atomic E-state index is -1.72.